The van der Waals surface area contributed by atoms with Crippen molar-refractivity contribution in [1.29, 1.82) is 0 Å². The summed E-state index contributed by atoms with van der Waals surface area (Å²) in [5, 5.41) is 3.65. The molecule has 0 spiro atoms. The molecule has 0 aliphatic heterocycles. The van der Waals surface area contributed by atoms with Crippen LogP contribution in [0.4, 0.5) is 0 Å². The maximum absolute atomic E-state index is 4.54. The average Bonchev–Trinajstić information content (AvgIpc) is 2.29. The van der Waals surface area contributed by atoms with Gasteiger partial charge in [0.05, 0.1) is 5.69 Å². The smallest absolute Gasteiger partial charge is 0.0605 e. The summed E-state index contributed by atoms with van der Waals surface area (Å²) in [5.74, 6) is 0.777. The largest absolute Gasteiger partial charge is 0.309 e. The van der Waals surface area contributed by atoms with Crippen LogP contribution in [-0.2, 0) is 6.42 Å². The van der Waals surface area contributed by atoms with Gasteiger partial charge in [0.2, 0.25) is 0 Å². The van der Waals surface area contributed by atoms with Gasteiger partial charge in [0.25, 0.3) is 0 Å². The van der Waals surface area contributed by atoms with Crippen molar-refractivity contribution in [2.45, 2.75) is 45.6 Å². The van der Waals surface area contributed by atoms with Crippen molar-refractivity contribution in [2.75, 3.05) is 6.54 Å². The van der Waals surface area contributed by atoms with E-state index in [9.17, 15) is 0 Å². The van der Waals surface area contributed by atoms with Gasteiger partial charge in [-0.25, -0.2) is 0 Å². The number of nitrogens with zero attached hydrogens (tertiary/aromatic N) is 1. The van der Waals surface area contributed by atoms with E-state index in [2.05, 4.69) is 36.3 Å². The minimum absolute atomic E-state index is 0.490. The van der Waals surface area contributed by atoms with E-state index < -0.39 is 0 Å². The van der Waals surface area contributed by atoms with Gasteiger partial charge in [0.15, 0.2) is 0 Å². The summed E-state index contributed by atoms with van der Waals surface area (Å²) in [6.07, 6.45) is 6.89. The lowest BCUT2D eigenvalue weighted by Crippen LogP contribution is -2.27. The fourth-order valence-electron chi connectivity index (χ4n) is 2.35. The van der Waals surface area contributed by atoms with Crippen molar-refractivity contribution in [2.24, 2.45) is 5.92 Å². The molecule has 0 fully saturated rings. The lowest BCUT2D eigenvalue weighted by molar-refractivity contribution is 0.425. The van der Waals surface area contributed by atoms with Gasteiger partial charge in [0, 0.05) is 12.2 Å². The molecule has 0 aromatic carbocycles. The molecule has 2 heteroatoms. The Morgan fingerprint density at radius 1 is 1.50 bits per heavy atom. The first-order valence-electron chi connectivity index (χ1n) is 6.44. The van der Waals surface area contributed by atoms with Crippen molar-refractivity contribution in [3.63, 3.8) is 0 Å². The van der Waals surface area contributed by atoms with Gasteiger partial charge in [-0.3, -0.25) is 4.98 Å². The average molecular weight is 218 g/mol. The highest BCUT2D eigenvalue weighted by Crippen LogP contribution is 2.27. The molecule has 1 aliphatic rings. The van der Waals surface area contributed by atoms with Crippen LogP contribution < -0.4 is 5.32 Å². The van der Waals surface area contributed by atoms with Crippen LogP contribution in [0.1, 0.15) is 50.4 Å². The highest BCUT2D eigenvalue weighted by molar-refractivity contribution is 5.25. The topological polar surface area (TPSA) is 24.9 Å². The predicted octanol–water partition coefficient (Wildman–Crippen LogP) is 3.09. The molecule has 1 N–H and O–H groups in total. The molecule has 1 aromatic rings. The zero-order valence-corrected chi connectivity index (χ0v) is 10.4. The molecule has 1 aliphatic carbocycles. The van der Waals surface area contributed by atoms with Crippen LogP contribution in [0.25, 0.3) is 0 Å². The summed E-state index contributed by atoms with van der Waals surface area (Å²) < 4.78 is 0. The van der Waals surface area contributed by atoms with Crippen molar-refractivity contribution in [3.8, 4) is 0 Å². The number of rotatable bonds is 4. The van der Waals surface area contributed by atoms with E-state index in [1.807, 2.05) is 6.20 Å². The van der Waals surface area contributed by atoms with Gasteiger partial charge in [-0.15, -0.1) is 0 Å². The Hall–Kier alpha value is -0.890. The summed E-state index contributed by atoms with van der Waals surface area (Å²) >= 11 is 0. The van der Waals surface area contributed by atoms with Gasteiger partial charge < -0.3 is 5.32 Å². The molecule has 88 valence electrons. The lowest BCUT2D eigenvalue weighted by atomic mass is 9.92. The van der Waals surface area contributed by atoms with Crippen LogP contribution in [-0.4, -0.2) is 11.5 Å². The number of nitrogens with one attached hydrogen (secondary N) is 1. The number of fused-ring (bicyclic) bond motifs is 1. The lowest BCUT2D eigenvalue weighted by Gasteiger charge is -2.25. The van der Waals surface area contributed by atoms with Crippen LogP contribution in [0.5, 0.6) is 0 Å². The summed E-state index contributed by atoms with van der Waals surface area (Å²) in [6, 6.07) is 4.76. The Kier molecular flexibility index (Phi) is 3.94. The maximum Gasteiger partial charge on any atom is 0.0605 e. The van der Waals surface area contributed by atoms with Crippen LogP contribution in [0.2, 0.25) is 0 Å². The third-order valence-electron chi connectivity index (χ3n) is 3.31. The molecule has 0 radical (unpaired) electrons. The van der Waals surface area contributed by atoms with Gasteiger partial charge in [-0.1, -0.05) is 19.9 Å². The van der Waals surface area contributed by atoms with E-state index in [1.165, 1.54) is 36.9 Å². The van der Waals surface area contributed by atoms with Crippen molar-refractivity contribution in [1.82, 2.24) is 10.3 Å². The quantitative estimate of drug-likeness (QED) is 0.840. The number of pyridine rings is 1. The normalized spacial score (nSPS) is 19.8. The predicted molar refractivity (Wildman–Crippen MR) is 67.4 cm³/mol. The maximum atomic E-state index is 4.54. The Bertz CT molecular complexity index is 333. The van der Waals surface area contributed by atoms with E-state index in [4.69, 9.17) is 0 Å². The Morgan fingerprint density at radius 3 is 3.19 bits per heavy atom. The first kappa shape index (κ1) is 11.6. The minimum Gasteiger partial charge on any atom is -0.309 e. The van der Waals surface area contributed by atoms with Gasteiger partial charge in [0.1, 0.15) is 0 Å². The van der Waals surface area contributed by atoms with E-state index >= 15 is 0 Å². The van der Waals surface area contributed by atoms with Crippen molar-refractivity contribution < 1.29 is 0 Å². The molecule has 0 bridgehead atoms. The number of hydrogen-bond donors (Lipinski definition) is 1. The summed E-state index contributed by atoms with van der Waals surface area (Å²) in [6.45, 7) is 5.65. The molecule has 0 saturated carbocycles. The standard InChI is InChI=1S/C14H22N2/c1-11(2)8-10-15-13-7-3-5-12-6-4-9-16-14(12)13/h4,6,9,11,13,15H,3,5,7-8,10H2,1-2H3. The van der Waals surface area contributed by atoms with E-state index in [0.717, 1.165) is 12.5 Å². The zero-order chi connectivity index (χ0) is 11.4. The molecule has 16 heavy (non-hydrogen) atoms. The molecule has 1 heterocycles. The molecule has 1 unspecified atom stereocenters. The summed E-state index contributed by atoms with van der Waals surface area (Å²) in [5.41, 5.74) is 2.73. The van der Waals surface area contributed by atoms with Gasteiger partial charge in [-0.05, 0) is 49.8 Å². The summed E-state index contributed by atoms with van der Waals surface area (Å²) in [7, 11) is 0. The number of aromatic nitrogens is 1. The van der Waals surface area contributed by atoms with Crippen LogP contribution in [0, 0.1) is 5.92 Å². The van der Waals surface area contributed by atoms with E-state index in [0.29, 0.717) is 6.04 Å². The molecule has 2 nitrogen and oxygen atoms in total. The van der Waals surface area contributed by atoms with E-state index in [1.54, 1.807) is 0 Å². The first-order chi connectivity index (χ1) is 7.77. The second-order valence-electron chi connectivity index (χ2n) is 5.13. The molecule has 2 rings (SSSR count). The Morgan fingerprint density at radius 2 is 2.38 bits per heavy atom. The highest BCUT2D eigenvalue weighted by Gasteiger charge is 2.20. The van der Waals surface area contributed by atoms with E-state index in [-0.39, 0.29) is 0 Å². The van der Waals surface area contributed by atoms with Crippen LogP contribution in [0.3, 0.4) is 0 Å². The van der Waals surface area contributed by atoms with Crippen LogP contribution in [0.15, 0.2) is 18.3 Å². The molecular weight excluding hydrogens is 196 g/mol. The fourth-order valence-corrected chi connectivity index (χ4v) is 2.35. The monoisotopic (exact) mass is 218 g/mol. The second kappa shape index (κ2) is 5.44. The minimum atomic E-state index is 0.490. The van der Waals surface area contributed by atoms with Gasteiger partial charge >= 0.3 is 0 Å². The first-order valence-corrected chi connectivity index (χ1v) is 6.44. The molecular formula is C14H22N2. The third kappa shape index (κ3) is 2.82. The SMILES string of the molecule is CC(C)CCNC1CCCc2cccnc21. The Labute approximate surface area is 98.5 Å². The summed E-state index contributed by atoms with van der Waals surface area (Å²) in [4.78, 5) is 4.54. The Balaban J connectivity index is 1.96. The van der Waals surface area contributed by atoms with Crippen LogP contribution >= 0.6 is 0 Å². The molecule has 0 saturated heterocycles. The molecule has 0 amide bonds. The van der Waals surface area contributed by atoms with Crippen molar-refractivity contribution in [3.05, 3.63) is 29.6 Å². The highest BCUT2D eigenvalue weighted by atomic mass is 14.9. The fraction of sp³-hybridized carbons (Fsp3) is 0.643. The van der Waals surface area contributed by atoms with Crippen molar-refractivity contribution >= 4 is 0 Å². The zero-order valence-electron chi connectivity index (χ0n) is 10.4. The molecule has 1 aromatic heterocycles. The van der Waals surface area contributed by atoms with Gasteiger partial charge in [-0.2, -0.15) is 0 Å². The third-order valence-corrected chi connectivity index (χ3v) is 3.31. The molecule has 1 atom stereocenters. The number of aryl methyl sites for hydroxylation is 1. The number of hydrogen-bond acceptors (Lipinski definition) is 2. The second-order valence-corrected chi connectivity index (χ2v) is 5.13.